The highest BCUT2D eigenvalue weighted by molar-refractivity contribution is 7.09. The lowest BCUT2D eigenvalue weighted by Crippen LogP contribution is -2.18. The minimum atomic E-state index is 0.363. The number of nitrogens with one attached hydrogen (secondary N) is 1. The van der Waals surface area contributed by atoms with Gasteiger partial charge in [-0.3, -0.25) is 0 Å². The molecule has 1 rings (SSSR count). The summed E-state index contributed by atoms with van der Waals surface area (Å²) in [6, 6.07) is 4.25. The van der Waals surface area contributed by atoms with Crippen LogP contribution in [0.15, 0.2) is 17.5 Å². The smallest absolute Gasteiger partial charge is 0.0559 e. The Morgan fingerprint density at radius 1 is 1.57 bits per heavy atom. The highest BCUT2D eigenvalue weighted by Gasteiger charge is 2.01. The lowest BCUT2D eigenvalue weighted by molar-refractivity contribution is 0.0634. The number of hydrogen-bond donors (Lipinski definition) is 1. The van der Waals surface area contributed by atoms with E-state index in [1.54, 1.807) is 11.3 Å². The monoisotopic (exact) mass is 213 g/mol. The molecule has 0 radical (unpaired) electrons. The van der Waals surface area contributed by atoms with Gasteiger partial charge in [0.05, 0.1) is 12.7 Å². The first-order chi connectivity index (χ1) is 6.83. The third kappa shape index (κ3) is 4.74. The van der Waals surface area contributed by atoms with Crippen molar-refractivity contribution in [2.75, 3.05) is 20.2 Å². The Bertz CT molecular complexity index is 223. The van der Waals surface area contributed by atoms with Crippen LogP contribution in [0.2, 0.25) is 0 Å². The van der Waals surface area contributed by atoms with Crippen LogP contribution in [0.3, 0.4) is 0 Å². The highest BCUT2D eigenvalue weighted by Crippen LogP contribution is 2.09. The summed E-state index contributed by atoms with van der Waals surface area (Å²) >= 11 is 1.80. The van der Waals surface area contributed by atoms with Crippen LogP contribution in [-0.4, -0.2) is 26.3 Å². The third-order valence-electron chi connectivity index (χ3n) is 2.13. The van der Waals surface area contributed by atoms with Gasteiger partial charge in [-0.25, -0.2) is 0 Å². The van der Waals surface area contributed by atoms with Crippen LogP contribution in [-0.2, 0) is 11.2 Å². The van der Waals surface area contributed by atoms with Crippen molar-refractivity contribution in [1.29, 1.82) is 0 Å². The van der Waals surface area contributed by atoms with E-state index >= 15 is 0 Å². The molecule has 0 bridgehead atoms. The molecule has 0 saturated heterocycles. The molecule has 0 aromatic carbocycles. The number of ether oxygens (including phenoxy) is 1. The molecule has 1 aromatic rings. The minimum Gasteiger partial charge on any atom is -0.378 e. The normalized spacial score (nSPS) is 13.0. The van der Waals surface area contributed by atoms with Crippen molar-refractivity contribution >= 4 is 11.3 Å². The van der Waals surface area contributed by atoms with Gasteiger partial charge < -0.3 is 10.1 Å². The first kappa shape index (κ1) is 11.7. The average molecular weight is 213 g/mol. The van der Waals surface area contributed by atoms with Crippen molar-refractivity contribution in [2.45, 2.75) is 25.9 Å². The van der Waals surface area contributed by atoms with E-state index < -0.39 is 0 Å². The molecule has 1 N–H and O–H groups in total. The summed E-state index contributed by atoms with van der Waals surface area (Å²) in [7, 11) is 1.97. The SMILES string of the molecule is CNCCC(C)OCCc1cccs1. The molecule has 0 spiro atoms. The van der Waals surface area contributed by atoms with E-state index in [-0.39, 0.29) is 0 Å². The minimum absolute atomic E-state index is 0.363. The van der Waals surface area contributed by atoms with Gasteiger partial charge in [0.2, 0.25) is 0 Å². The van der Waals surface area contributed by atoms with Gasteiger partial charge >= 0.3 is 0 Å². The predicted octanol–water partition coefficient (Wildman–Crippen LogP) is 2.31. The molecule has 0 aliphatic carbocycles. The maximum absolute atomic E-state index is 5.68. The molecule has 0 aliphatic heterocycles. The van der Waals surface area contributed by atoms with Gasteiger partial charge in [0.1, 0.15) is 0 Å². The van der Waals surface area contributed by atoms with Crippen LogP contribution in [0.5, 0.6) is 0 Å². The topological polar surface area (TPSA) is 21.3 Å². The molecular weight excluding hydrogens is 194 g/mol. The van der Waals surface area contributed by atoms with Crippen LogP contribution in [0.25, 0.3) is 0 Å². The standard InChI is InChI=1S/C11H19NOS/c1-10(5-7-12-2)13-8-6-11-4-3-9-14-11/h3-4,9-10,12H,5-8H2,1-2H3. The maximum Gasteiger partial charge on any atom is 0.0559 e. The van der Waals surface area contributed by atoms with E-state index in [4.69, 9.17) is 4.74 Å². The first-order valence-electron chi connectivity index (χ1n) is 5.11. The average Bonchev–Trinajstić information content (AvgIpc) is 2.67. The summed E-state index contributed by atoms with van der Waals surface area (Å²) < 4.78 is 5.68. The molecule has 14 heavy (non-hydrogen) atoms. The second kappa shape index (κ2) is 6.98. The summed E-state index contributed by atoms with van der Waals surface area (Å²) in [5.41, 5.74) is 0. The van der Waals surface area contributed by atoms with Crippen molar-refractivity contribution in [1.82, 2.24) is 5.32 Å². The zero-order valence-corrected chi connectivity index (χ0v) is 9.77. The lowest BCUT2D eigenvalue weighted by Gasteiger charge is -2.11. The van der Waals surface area contributed by atoms with E-state index in [2.05, 4.69) is 29.8 Å². The van der Waals surface area contributed by atoms with Gasteiger partial charge in [0.15, 0.2) is 0 Å². The molecule has 1 heterocycles. The van der Waals surface area contributed by atoms with Crippen molar-refractivity contribution < 1.29 is 4.74 Å². The third-order valence-corrected chi connectivity index (χ3v) is 3.07. The molecule has 0 amide bonds. The van der Waals surface area contributed by atoms with Crippen LogP contribution in [0, 0.1) is 0 Å². The molecule has 1 atom stereocenters. The summed E-state index contributed by atoms with van der Waals surface area (Å²) in [5, 5.41) is 5.24. The van der Waals surface area contributed by atoms with Crippen LogP contribution in [0.1, 0.15) is 18.2 Å². The van der Waals surface area contributed by atoms with E-state index in [0.29, 0.717) is 6.10 Å². The van der Waals surface area contributed by atoms with Crippen molar-refractivity contribution in [2.24, 2.45) is 0 Å². The number of thiophene rings is 1. The Balaban J connectivity index is 2.03. The molecule has 80 valence electrons. The summed E-state index contributed by atoms with van der Waals surface area (Å²) in [5.74, 6) is 0. The Kier molecular flexibility index (Phi) is 5.83. The van der Waals surface area contributed by atoms with Gasteiger partial charge in [-0.15, -0.1) is 11.3 Å². The Morgan fingerprint density at radius 2 is 2.43 bits per heavy atom. The Labute approximate surface area is 90.3 Å². The van der Waals surface area contributed by atoms with Gasteiger partial charge in [-0.05, 0) is 38.4 Å². The molecular formula is C11H19NOS. The fraction of sp³-hybridized carbons (Fsp3) is 0.636. The summed E-state index contributed by atoms with van der Waals surface area (Å²) in [6.45, 7) is 4.00. The van der Waals surface area contributed by atoms with Crippen LogP contribution in [0.4, 0.5) is 0 Å². The molecule has 2 nitrogen and oxygen atoms in total. The van der Waals surface area contributed by atoms with Gasteiger partial charge in [0, 0.05) is 11.3 Å². The first-order valence-corrected chi connectivity index (χ1v) is 5.99. The largest absolute Gasteiger partial charge is 0.378 e. The number of hydrogen-bond acceptors (Lipinski definition) is 3. The molecule has 0 fully saturated rings. The zero-order chi connectivity index (χ0) is 10.2. The van der Waals surface area contributed by atoms with Gasteiger partial charge in [0.25, 0.3) is 0 Å². The fourth-order valence-electron chi connectivity index (χ4n) is 1.25. The molecule has 0 saturated carbocycles. The van der Waals surface area contributed by atoms with E-state index in [1.807, 2.05) is 7.05 Å². The Hall–Kier alpha value is -0.380. The Morgan fingerprint density at radius 3 is 3.07 bits per heavy atom. The molecule has 1 unspecified atom stereocenters. The van der Waals surface area contributed by atoms with Gasteiger partial charge in [-0.1, -0.05) is 6.07 Å². The maximum atomic E-state index is 5.68. The quantitative estimate of drug-likeness (QED) is 0.750. The number of rotatable bonds is 7. The molecule has 0 aliphatic rings. The molecule has 3 heteroatoms. The summed E-state index contributed by atoms with van der Waals surface area (Å²) in [6.07, 6.45) is 2.49. The van der Waals surface area contributed by atoms with Crippen molar-refractivity contribution in [3.63, 3.8) is 0 Å². The van der Waals surface area contributed by atoms with Crippen LogP contribution < -0.4 is 5.32 Å². The van der Waals surface area contributed by atoms with Gasteiger partial charge in [-0.2, -0.15) is 0 Å². The summed E-state index contributed by atoms with van der Waals surface area (Å²) in [4.78, 5) is 1.41. The van der Waals surface area contributed by atoms with E-state index in [1.165, 1.54) is 4.88 Å². The highest BCUT2D eigenvalue weighted by atomic mass is 32.1. The second-order valence-corrected chi connectivity index (χ2v) is 4.44. The second-order valence-electron chi connectivity index (χ2n) is 3.40. The van der Waals surface area contributed by atoms with E-state index in [0.717, 1.165) is 26.0 Å². The fourth-order valence-corrected chi connectivity index (χ4v) is 1.94. The van der Waals surface area contributed by atoms with Crippen LogP contribution >= 0.6 is 11.3 Å². The predicted molar refractivity (Wildman–Crippen MR) is 62.0 cm³/mol. The lowest BCUT2D eigenvalue weighted by atomic mass is 10.3. The molecule has 1 aromatic heterocycles. The zero-order valence-electron chi connectivity index (χ0n) is 8.95. The van der Waals surface area contributed by atoms with Crippen molar-refractivity contribution in [3.05, 3.63) is 22.4 Å². The van der Waals surface area contributed by atoms with E-state index in [9.17, 15) is 0 Å². The van der Waals surface area contributed by atoms with Crippen molar-refractivity contribution in [3.8, 4) is 0 Å².